The number of hydrogen-bond acceptors (Lipinski definition) is 5. The standard InChI is InChI=1S/C11H8F3NO3S2/c12-8-2-1-3-9(18-11(13)14)7(8)5-20(16,17)10-4-15-6-19-10/h1-4,6,11H,5H2. The Morgan fingerprint density at radius 1 is 1.35 bits per heavy atom. The Hall–Kier alpha value is -1.61. The summed E-state index contributed by atoms with van der Waals surface area (Å²) in [6.45, 7) is -3.17. The van der Waals surface area contributed by atoms with Crippen molar-refractivity contribution >= 4 is 21.2 Å². The monoisotopic (exact) mass is 323 g/mol. The van der Waals surface area contributed by atoms with Crippen molar-refractivity contribution in [1.82, 2.24) is 4.98 Å². The first-order valence-corrected chi connectivity index (χ1v) is 7.77. The lowest BCUT2D eigenvalue weighted by Gasteiger charge is -2.11. The van der Waals surface area contributed by atoms with Crippen molar-refractivity contribution in [2.75, 3.05) is 0 Å². The van der Waals surface area contributed by atoms with E-state index >= 15 is 0 Å². The molecule has 0 spiro atoms. The van der Waals surface area contributed by atoms with E-state index in [4.69, 9.17) is 0 Å². The van der Waals surface area contributed by atoms with Crippen LogP contribution in [0, 0.1) is 5.82 Å². The van der Waals surface area contributed by atoms with E-state index in [0.29, 0.717) is 0 Å². The average molecular weight is 323 g/mol. The van der Waals surface area contributed by atoms with E-state index in [2.05, 4.69) is 9.72 Å². The van der Waals surface area contributed by atoms with E-state index in [0.717, 1.165) is 35.7 Å². The zero-order chi connectivity index (χ0) is 14.8. The Bertz CT molecular complexity index is 687. The summed E-state index contributed by atoms with van der Waals surface area (Å²) < 4.78 is 66.2. The molecule has 0 saturated carbocycles. The van der Waals surface area contributed by atoms with Crippen molar-refractivity contribution < 1.29 is 26.3 Å². The second-order valence-electron chi connectivity index (χ2n) is 3.67. The van der Waals surface area contributed by atoms with Gasteiger partial charge in [0.1, 0.15) is 15.8 Å². The lowest BCUT2D eigenvalue weighted by Crippen LogP contribution is -2.10. The summed E-state index contributed by atoms with van der Waals surface area (Å²) in [5, 5.41) is 0. The van der Waals surface area contributed by atoms with Gasteiger partial charge in [-0.15, -0.1) is 11.3 Å². The van der Waals surface area contributed by atoms with Gasteiger partial charge in [-0.25, -0.2) is 12.8 Å². The maximum atomic E-state index is 13.7. The van der Waals surface area contributed by atoms with Crippen LogP contribution in [0.25, 0.3) is 0 Å². The summed E-state index contributed by atoms with van der Waals surface area (Å²) >= 11 is 0.864. The highest BCUT2D eigenvalue weighted by Gasteiger charge is 2.23. The van der Waals surface area contributed by atoms with Gasteiger partial charge in [-0.3, -0.25) is 4.98 Å². The molecule has 0 bridgehead atoms. The highest BCUT2D eigenvalue weighted by molar-refractivity contribution is 7.92. The average Bonchev–Trinajstić information content (AvgIpc) is 2.87. The third-order valence-corrected chi connectivity index (χ3v) is 5.34. The number of aromatic nitrogens is 1. The van der Waals surface area contributed by atoms with Gasteiger partial charge < -0.3 is 4.74 Å². The molecule has 2 rings (SSSR count). The predicted molar refractivity (Wildman–Crippen MR) is 66.0 cm³/mol. The first-order chi connectivity index (χ1) is 9.40. The molecule has 0 N–H and O–H groups in total. The fourth-order valence-electron chi connectivity index (χ4n) is 1.50. The first-order valence-electron chi connectivity index (χ1n) is 5.23. The van der Waals surface area contributed by atoms with Crippen LogP contribution in [0.1, 0.15) is 5.56 Å². The topological polar surface area (TPSA) is 56.3 Å². The fraction of sp³-hybridized carbons (Fsp3) is 0.182. The van der Waals surface area contributed by atoms with Gasteiger partial charge in [0.25, 0.3) is 0 Å². The maximum absolute atomic E-state index is 13.7. The number of thiazole rings is 1. The van der Waals surface area contributed by atoms with Gasteiger partial charge in [0, 0.05) is 5.56 Å². The van der Waals surface area contributed by atoms with Crippen LogP contribution in [-0.2, 0) is 15.6 Å². The molecule has 0 radical (unpaired) electrons. The highest BCUT2D eigenvalue weighted by Crippen LogP contribution is 2.28. The Balaban J connectivity index is 2.38. The molecule has 1 aromatic carbocycles. The number of sulfone groups is 1. The van der Waals surface area contributed by atoms with Crippen LogP contribution in [0.2, 0.25) is 0 Å². The molecule has 0 fully saturated rings. The van der Waals surface area contributed by atoms with E-state index in [1.807, 2.05) is 0 Å². The van der Waals surface area contributed by atoms with E-state index in [-0.39, 0.29) is 4.21 Å². The van der Waals surface area contributed by atoms with Gasteiger partial charge in [-0.1, -0.05) is 6.07 Å². The SMILES string of the molecule is O=S(=O)(Cc1c(F)cccc1OC(F)F)c1cncs1. The lowest BCUT2D eigenvalue weighted by atomic mass is 10.2. The maximum Gasteiger partial charge on any atom is 0.387 e. The summed E-state index contributed by atoms with van der Waals surface area (Å²) in [6, 6.07) is 3.23. The second kappa shape index (κ2) is 5.80. The molecule has 0 amide bonds. The van der Waals surface area contributed by atoms with Crippen LogP contribution in [0.4, 0.5) is 13.2 Å². The van der Waals surface area contributed by atoms with Gasteiger partial charge >= 0.3 is 6.61 Å². The second-order valence-corrected chi connectivity index (χ2v) is 6.78. The van der Waals surface area contributed by atoms with Crippen LogP contribution >= 0.6 is 11.3 Å². The molecule has 2 aromatic rings. The molecule has 108 valence electrons. The van der Waals surface area contributed by atoms with Crippen LogP contribution < -0.4 is 4.74 Å². The number of halogens is 3. The normalized spacial score (nSPS) is 11.8. The molecule has 0 atom stereocenters. The number of hydrogen-bond donors (Lipinski definition) is 0. The molecule has 9 heteroatoms. The predicted octanol–water partition coefficient (Wildman–Crippen LogP) is 2.86. The van der Waals surface area contributed by atoms with Crippen LogP contribution in [0.5, 0.6) is 5.75 Å². The van der Waals surface area contributed by atoms with Crippen LogP contribution in [0.3, 0.4) is 0 Å². The molecule has 0 unspecified atom stereocenters. The Labute approximate surface area is 116 Å². The largest absolute Gasteiger partial charge is 0.434 e. The molecular formula is C11H8F3NO3S2. The Morgan fingerprint density at radius 2 is 2.10 bits per heavy atom. The third-order valence-electron chi connectivity index (χ3n) is 2.34. The third kappa shape index (κ3) is 3.28. The summed E-state index contributed by atoms with van der Waals surface area (Å²) in [7, 11) is -3.86. The first kappa shape index (κ1) is 14.8. The van der Waals surface area contributed by atoms with Crippen molar-refractivity contribution in [2.24, 2.45) is 0 Å². The fourth-order valence-corrected chi connectivity index (χ4v) is 3.77. The molecule has 20 heavy (non-hydrogen) atoms. The molecule has 4 nitrogen and oxygen atoms in total. The van der Waals surface area contributed by atoms with Gasteiger partial charge in [0.2, 0.25) is 0 Å². The highest BCUT2D eigenvalue weighted by atomic mass is 32.2. The van der Waals surface area contributed by atoms with Gasteiger partial charge in [-0.2, -0.15) is 8.78 Å². The quantitative estimate of drug-likeness (QED) is 0.849. The number of benzene rings is 1. The van der Waals surface area contributed by atoms with Gasteiger partial charge in [0.05, 0.1) is 17.5 Å². The zero-order valence-electron chi connectivity index (χ0n) is 9.79. The summed E-state index contributed by atoms with van der Waals surface area (Å²) in [5.41, 5.74) is 0.881. The van der Waals surface area contributed by atoms with Crippen molar-refractivity contribution in [3.8, 4) is 5.75 Å². The number of nitrogens with zero attached hydrogens (tertiary/aromatic N) is 1. The minimum Gasteiger partial charge on any atom is -0.434 e. The zero-order valence-corrected chi connectivity index (χ0v) is 11.4. The van der Waals surface area contributed by atoms with E-state index in [1.165, 1.54) is 5.51 Å². The summed E-state index contributed by atoms with van der Waals surface area (Å²) in [4.78, 5) is 3.62. The van der Waals surface area contributed by atoms with Gasteiger partial charge in [-0.05, 0) is 12.1 Å². The van der Waals surface area contributed by atoms with Crippen LogP contribution in [0.15, 0.2) is 34.1 Å². The van der Waals surface area contributed by atoms with Crippen molar-refractivity contribution in [2.45, 2.75) is 16.6 Å². The Kier molecular flexibility index (Phi) is 4.29. The van der Waals surface area contributed by atoms with E-state index in [1.54, 1.807) is 0 Å². The van der Waals surface area contributed by atoms with Crippen molar-refractivity contribution in [1.29, 1.82) is 0 Å². The summed E-state index contributed by atoms with van der Waals surface area (Å²) in [6.07, 6.45) is 1.12. The van der Waals surface area contributed by atoms with Crippen molar-refractivity contribution in [3.63, 3.8) is 0 Å². The molecule has 0 aliphatic carbocycles. The number of alkyl halides is 2. The number of ether oxygens (including phenoxy) is 1. The molecule has 0 aliphatic rings. The summed E-state index contributed by atoms with van der Waals surface area (Å²) in [5.74, 6) is -2.19. The lowest BCUT2D eigenvalue weighted by molar-refractivity contribution is -0.0505. The number of rotatable bonds is 5. The molecule has 1 aromatic heterocycles. The van der Waals surface area contributed by atoms with Gasteiger partial charge in [0.15, 0.2) is 9.84 Å². The molecule has 1 heterocycles. The van der Waals surface area contributed by atoms with Crippen molar-refractivity contribution in [3.05, 3.63) is 41.3 Å². The Morgan fingerprint density at radius 3 is 2.70 bits per heavy atom. The van der Waals surface area contributed by atoms with E-state index in [9.17, 15) is 21.6 Å². The van der Waals surface area contributed by atoms with Crippen LogP contribution in [-0.4, -0.2) is 20.0 Å². The minimum absolute atomic E-state index is 0.0660. The van der Waals surface area contributed by atoms with E-state index < -0.39 is 39.3 Å². The molecular weight excluding hydrogens is 315 g/mol. The minimum atomic E-state index is -3.86. The smallest absolute Gasteiger partial charge is 0.387 e. The molecule has 0 aliphatic heterocycles. The molecule has 0 saturated heterocycles.